The van der Waals surface area contributed by atoms with Gasteiger partial charge in [0.15, 0.2) is 5.69 Å². The normalized spacial score (nSPS) is 13.5. The molecule has 1 aliphatic carbocycles. The van der Waals surface area contributed by atoms with Gasteiger partial charge in [0.25, 0.3) is 5.91 Å². The van der Waals surface area contributed by atoms with E-state index in [0.717, 1.165) is 22.8 Å². The minimum absolute atomic E-state index is 0.193. The van der Waals surface area contributed by atoms with Gasteiger partial charge in [0.1, 0.15) is 0 Å². The topological polar surface area (TPSA) is 69.8 Å². The summed E-state index contributed by atoms with van der Waals surface area (Å²) in [6.45, 7) is 0. The molecule has 0 atom stereocenters. The molecule has 0 saturated heterocycles. The molecule has 1 aliphatic rings. The molecule has 1 fully saturated rings. The van der Waals surface area contributed by atoms with Crippen LogP contribution in [0.2, 0.25) is 0 Å². The Bertz CT molecular complexity index is 835. The Labute approximate surface area is 140 Å². The summed E-state index contributed by atoms with van der Waals surface area (Å²) in [6.07, 6.45) is 2.36. The predicted molar refractivity (Wildman–Crippen MR) is 94.7 cm³/mol. The molecule has 5 heteroatoms. The van der Waals surface area contributed by atoms with Crippen LogP contribution in [0.5, 0.6) is 0 Å². The molecular formula is C19H18N4O. The van der Waals surface area contributed by atoms with Crippen molar-refractivity contribution in [3.05, 3.63) is 72.1 Å². The number of anilines is 3. The Morgan fingerprint density at radius 2 is 1.62 bits per heavy atom. The van der Waals surface area contributed by atoms with E-state index in [1.807, 2.05) is 60.7 Å². The average Bonchev–Trinajstić information content (AvgIpc) is 3.34. The van der Waals surface area contributed by atoms with Crippen molar-refractivity contribution < 1.29 is 4.79 Å². The van der Waals surface area contributed by atoms with Crippen molar-refractivity contribution in [2.45, 2.75) is 18.8 Å². The number of H-pyrrole nitrogens is 1. The maximum atomic E-state index is 12.2. The van der Waals surface area contributed by atoms with Gasteiger partial charge in [-0.05, 0) is 55.3 Å². The summed E-state index contributed by atoms with van der Waals surface area (Å²) in [5, 5.41) is 13.2. The first kappa shape index (κ1) is 14.5. The lowest BCUT2D eigenvalue weighted by Gasteiger charge is -2.08. The van der Waals surface area contributed by atoms with Crippen molar-refractivity contribution in [3.8, 4) is 0 Å². The van der Waals surface area contributed by atoms with Crippen LogP contribution in [0.3, 0.4) is 0 Å². The van der Waals surface area contributed by atoms with Gasteiger partial charge in [-0.2, -0.15) is 5.10 Å². The molecule has 3 aromatic rings. The molecule has 24 heavy (non-hydrogen) atoms. The van der Waals surface area contributed by atoms with Gasteiger partial charge < -0.3 is 10.6 Å². The summed E-state index contributed by atoms with van der Waals surface area (Å²) in [7, 11) is 0. The Morgan fingerprint density at radius 1 is 0.958 bits per heavy atom. The van der Waals surface area contributed by atoms with E-state index in [1.165, 1.54) is 12.8 Å². The van der Waals surface area contributed by atoms with Crippen LogP contribution < -0.4 is 10.6 Å². The molecule has 1 saturated carbocycles. The number of aromatic amines is 1. The lowest BCUT2D eigenvalue weighted by molar-refractivity contribution is 0.102. The summed E-state index contributed by atoms with van der Waals surface area (Å²) in [4.78, 5) is 12.2. The summed E-state index contributed by atoms with van der Waals surface area (Å²) in [5.41, 5.74) is 4.23. The van der Waals surface area contributed by atoms with Gasteiger partial charge in [-0.3, -0.25) is 9.89 Å². The summed E-state index contributed by atoms with van der Waals surface area (Å²) in [5.74, 6) is 0.365. The molecule has 0 spiro atoms. The molecule has 0 radical (unpaired) electrons. The number of benzene rings is 2. The number of para-hydroxylation sites is 1. The SMILES string of the molecule is O=C(Nc1ccc(Nc2ccccc2)cc1)c1cc(C2CC2)[nH]n1. The maximum absolute atomic E-state index is 12.2. The van der Waals surface area contributed by atoms with Gasteiger partial charge in [0, 0.05) is 28.7 Å². The molecule has 0 unspecified atom stereocenters. The van der Waals surface area contributed by atoms with E-state index >= 15 is 0 Å². The Balaban J connectivity index is 1.40. The summed E-state index contributed by atoms with van der Waals surface area (Å²) in [6, 6.07) is 19.4. The minimum atomic E-state index is -0.193. The smallest absolute Gasteiger partial charge is 0.276 e. The third-order valence-electron chi connectivity index (χ3n) is 4.05. The van der Waals surface area contributed by atoms with E-state index in [2.05, 4.69) is 20.8 Å². The molecule has 0 bridgehead atoms. The number of carbonyl (C=O) groups is 1. The van der Waals surface area contributed by atoms with Gasteiger partial charge in [-0.15, -0.1) is 0 Å². The molecule has 1 aromatic heterocycles. The fourth-order valence-electron chi connectivity index (χ4n) is 2.58. The molecule has 3 N–H and O–H groups in total. The third-order valence-corrected chi connectivity index (χ3v) is 4.05. The second kappa shape index (κ2) is 6.20. The van der Waals surface area contributed by atoms with Crippen LogP contribution in [-0.2, 0) is 0 Å². The van der Waals surface area contributed by atoms with Crippen molar-refractivity contribution >= 4 is 23.0 Å². The van der Waals surface area contributed by atoms with Gasteiger partial charge in [0.05, 0.1) is 0 Å². The number of hydrogen-bond acceptors (Lipinski definition) is 3. The van der Waals surface area contributed by atoms with Crippen LogP contribution >= 0.6 is 0 Å². The van der Waals surface area contributed by atoms with Crippen molar-refractivity contribution in [2.75, 3.05) is 10.6 Å². The molecule has 5 nitrogen and oxygen atoms in total. The van der Waals surface area contributed by atoms with Crippen LogP contribution in [0.15, 0.2) is 60.7 Å². The Kier molecular flexibility index (Phi) is 3.75. The van der Waals surface area contributed by atoms with Crippen LogP contribution in [0.4, 0.5) is 17.1 Å². The molecule has 0 aliphatic heterocycles. The number of rotatable bonds is 5. The van der Waals surface area contributed by atoms with Gasteiger partial charge in [0.2, 0.25) is 0 Å². The first-order valence-electron chi connectivity index (χ1n) is 8.07. The van der Waals surface area contributed by atoms with E-state index in [4.69, 9.17) is 0 Å². The fourth-order valence-corrected chi connectivity index (χ4v) is 2.58. The zero-order chi connectivity index (χ0) is 16.4. The molecule has 1 heterocycles. The quantitative estimate of drug-likeness (QED) is 0.657. The van der Waals surface area contributed by atoms with Crippen molar-refractivity contribution in [1.29, 1.82) is 0 Å². The largest absolute Gasteiger partial charge is 0.356 e. The third kappa shape index (κ3) is 3.30. The first-order valence-corrected chi connectivity index (χ1v) is 8.07. The van der Waals surface area contributed by atoms with Crippen LogP contribution in [0.25, 0.3) is 0 Å². The average molecular weight is 318 g/mol. The number of nitrogens with zero attached hydrogens (tertiary/aromatic N) is 1. The monoisotopic (exact) mass is 318 g/mol. The van der Waals surface area contributed by atoms with E-state index in [1.54, 1.807) is 0 Å². The van der Waals surface area contributed by atoms with E-state index in [9.17, 15) is 4.79 Å². The molecule has 4 rings (SSSR count). The van der Waals surface area contributed by atoms with Crippen molar-refractivity contribution in [2.24, 2.45) is 0 Å². The minimum Gasteiger partial charge on any atom is -0.356 e. The highest BCUT2D eigenvalue weighted by Gasteiger charge is 2.26. The second-order valence-corrected chi connectivity index (χ2v) is 6.01. The van der Waals surface area contributed by atoms with Crippen LogP contribution in [-0.4, -0.2) is 16.1 Å². The number of carbonyl (C=O) groups excluding carboxylic acids is 1. The molecule has 120 valence electrons. The zero-order valence-electron chi connectivity index (χ0n) is 13.1. The standard InChI is InChI=1S/C19H18N4O/c24-19(18-12-17(22-23-18)13-6-7-13)21-16-10-8-15(9-11-16)20-14-4-2-1-3-5-14/h1-5,8-13,20H,6-7H2,(H,21,24)(H,22,23). The Morgan fingerprint density at radius 3 is 2.33 bits per heavy atom. The molecule has 1 amide bonds. The first-order chi connectivity index (χ1) is 11.8. The molecule has 2 aromatic carbocycles. The number of amides is 1. The second-order valence-electron chi connectivity index (χ2n) is 6.01. The van der Waals surface area contributed by atoms with E-state index in [0.29, 0.717) is 11.6 Å². The van der Waals surface area contributed by atoms with Gasteiger partial charge in [-0.1, -0.05) is 18.2 Å². The highest BCUT2D eigenvalue weighted by molar-refractivity contribution is 6.03. The van der Waals surface area contributed by atoms with Crippen molar-refractivity contribution in [3.63, 3.8) is 0 Å². The maximum Gasteiger partial charge on any atom is 0.276 e. The van der Waals surface area contributed by atoms with Crippen LogP contribution in [0, 0.1) is 0 Å². The highest BCUT2D eigenvalue weighted by Crippen LogP contribution is 2.39. The zero-order valence-corrected chi connectivity index (χ0v) is 13.1. The van der Waals surface area contributed by atoms with Gasteiger partial charge in [-0.25, -0.2) is 0 Å². The number of hydrogen-bond donors (Lipinski definition) is 3. The summed E-state index contributed by atoms with van der Waals surface area (Å²) < 4.78 is 0. The number of nitrogens with one attached hydrogen (secondary N) is 3. The lowest BCUT2D eigenvalue weighted by atomic mass is 10.2. The van der Waals surface area contributed by atoms with Crippen molar-refractivity contribution in [1.82, 2.24) is 10.2 Å². The van der Waals surface area contributed by atoms with Crippen LogP contribution in [0.1, 0.15) is 34.9 Å². The lowest BCUT2D eigenvalue weighted by Crippen LogP contribution is -2.12. The molecular weight excluding hydrogens is 300 g/mol. The summed E-state index contributed by atoms with van der Waals surface area (Å²) >= 11 is 0. The van der Waals surface area contributed by atoms with E-state index < -0.39 is 0 Å². The number of aromatic nitrogens is 2. The van der Waals surface area contributed by atoms with Gasteiger partial charge >= 0.3 is 0 Å². The highest BCUT2D eigenvalue weighted by atomic mass is 16.1. The van der Waals surface area contributed by atoms with E-state index in [-0.39, 0.29) is 5.91 Å². The Hall–Kier alpha value is -3.08. The fraction of sp³-hybridized carbons (Fsp3) is 0.158. The predicted octanol–water partition coefficient (Wildman–Crippen LogP) is 4.28.